The molecule has 0 aliphatic carbocycles. The summed E-state index contributed by atoms with van der Waals surface area (Å²) in [4.78, 5) is 15.0. The second-order valence-electron chi connectivity index (χ2n) is 4.98. The molecule has 5 nitrogen and oxygen atoms in total. The number of halogens is 1. The second-order valence-corrected chi connectivity index (χ2v) is 8.45. The average molecular weight is 411 g/mol. The van der Waals surface area contributed by atoms with Gasteiger partial charge in [0, 0.05) is 5.02 Å². The Morgan fingerprint density at radius 3 is 2.36 bits per heavy atom. The Balaban J connectivity index is 1.83. The number of hydrazine groups is 1. The van der Waals surface area contributed by atoms with Gasteiger partial charge in [0.05, 0.1) is 9.80 Å². The normalized spacial score (nSPS) is 16.7. The zero-order valence-corrected chi connectivity index (χ0v) is 15.8. The third-order valence-corrected chi connectivity index (χ3v) is 6.21. The van der Waals surface area contributed by atoms with Crippen molar-refractivity contribution >= 4 is 61.9 Å². The fourth-order valence-corrected chi connectivity index (χ4v) is 4.47. The van der Waals surface area contributed by atoms with Crippen LogP contribution in [-0.2, 0) is 10.0 Å². The van der Waals surface area contributed by atoms with E-state index < -0.39 is 15.3 Å². The number of carbonyl (C=O) groups is 1. The van der Waals surface area contributed by atoms with Crippen LogP contribution in [0.25, 0.3) is 6.08 Å². The van der Waals surface area contributed by atoms with Crippen LogP contribution in [0.4, 0.5) is 4.79 Å². The SMILES string of the molecule is O=C1S/C(=C\c2ccc(Cl)cc2)C(=S)N1NS(=O)(=O)c1ccccc1. The number of nitrogens with zero attached hydrogens (tertiary/aromatic N) is 1. The summed E-state index contributed by atoms with van der Waals surface area (Å²) in [6, 6.07) is 14.8. The molecule has 1 aliphatic heterocycles. The standard InChI is InChI=1S/C16H11ClN2O3S3/c17-12-8-6-11(7-9-12)10-14-15(23)19(16(20)24-14)18-25(21,22)13-4-2-1-3-5-13/h1-10,18H/b14-10-. The van der Waals surface area contributed by atoms with Gasteiger partial charge in [-0.05, 0) is 47.7 Å². The molecule has 0 aromatic heterocycles. The maximum absolute atomic E-state index is 12.4. The van der Waals surface area contributed by atoms with Crippen LogP contribution in [0.1, 0.15) is 5.56 Å². The topological polar surface area (TPSA) is 66.5 Å². The molecule has 25 heavy (non-hydrogen) atoms. The summed E-state index contributed by atoms with van der Waals surface area (Å²) in [7, 11) is -3.90. The number of benzene rings is 2. The molecule has 128 valence electrons. The van der Waals surface area contributed by atoms with Crippen molar-refractivity contribution in [3.63, 3.8) is 0 Å². The minimum Gasteiger partial charge on any atom is -0.259 e. The molecular weight excluding hydrogens is 400 g/mol. The second kappa shape index (κ2) is 7.27. The van der Waals surface area contributed by atoms with E-state index in [0.717, 1.165) is 22.3 Å². The largest absolute Gasteiger partial charge is 0.307 e. The molecule has 0 atom stereocenters. The van der Waals surface area contributed by atoms with Crippen LogP contribution in [-0.4, -0.2) is 23.7 Å². The summed E-state index contributed by atoms with van der Waals surface area (Å²) in [5.74, 6) is 0. The van der Waals surface area contributed by atoms with Gasteiger partial charge in [-0.1, -0.05) is 54.2 Å². The Kier molecular flexibility index (Phi) is 5.26. The molecule has 1 fully saturated rings. The van der Waals surface area contributed by atoms with E-state index in [1.54, 1.807) is 48.5 Å². The Morgan fingerprint density at radius 2 is 1.72 bits per heavy atom. The molecule has 1 aliphatic rings. The van der Waals surface area contributed by atoms with Gasteiger partial charge >= 0.3 is 5.24 Å². The lowest BCUT2D eigenvalue weighted by atomic mass is 10.2. The number of rotatable bonds is 4. The smallest absolute Gasteiger partial charge is 0.259 e. The molecule has 2 aromatic rings. The third kappa shape index (κ3) is 4.10. The zero-order chi connectivity index (χ0) is 18.0. The van der Waals surface area contributed by atoms with Gasteiger partial charge in [0.2, 0.25) is 0 Å². The summed E-state index contributed by atoms with van der Waals surface area (Å²) < 4.78 is 24.7. The van der Waals surface area contributed by atoms with Crippen molar-refractivity contribution in [2.24, 2.45) is 0 Å². The van der Waals surface area contributed by atoms with E-state index in [9.17, 15) is 13.2 Å². The first-order valence-corrected chi connectivity index (χ1v) is 10.1. The molecule has 3 rings (SSSR count). The van der Waals surface area contributed by atoms with Crippen LogP contribution in [0, 0.1) is 0 Å². The van der Waals surface area contributed by atoms with E-state index in [1.165, 1.54) is 12.1 Å². The van der Waals surface area contributed by atoms with E-state index in [1.807, 2.05) is 0 Å². The van der Waals surface area contributed by atoms with Gasteiger partial charge in [0.25, 0.3) is 10.0 Å². The first-order valence-electron chi connectivity index (χ1n) is 6.98. The number of nitrogens with one attached hydrogen (secondary N) is 1. The van der Waals surface area contributed by atoms with E-state index in [2.05, 4.69) is 4.83 Å². The predicted molar refractivity (Wildman–Crippen MR) is 104 cm³/mol. The number of hydrogen-bond acceptors (Lipinski definition) is 5. The lowest BCUT2D eigenvalue weighted by molar-refractivity contribution is 0.241. The van der Waals surface area contributed by atoms with Crippen LogP contribution in [0.2, 0.25) is 5.02 Å². The van der Waals surface area contributed by atoms with Crippen molar-refractivity contribution in [3.05, 3.63) is 70.1 Å². The Morgan fingerprint density at radius 1 is 1.08 bits per heavy atom. The first kappa shape index (κ1) is 18.1. The summed E-state index contributed by atoms with van der Waals surface area (Å²) in [5.41, 5.74) is 0.801. The van der Waals surface area contributed by atoms with Crippen LogP contribution >= 0.6 is 35.6 Å². The molecule has 1 saturated heterocycles. The minimum absolute atomic E-state index is 0.0470. The Labute approximate surface area is 159 Å². The summed E-state index contributed by atoms with van der Waals surface area (Å²) in [5, 5.41) is 0.950. The van der Waals surface area contributed by atoms with Gasteiger partial charge < -0.3 is 0 Å². The zero-order valence-electron chi connectivity index (χ0n) is 12.5. The van der Waals surface area contributed by atoms with Crippen molar-refractivity contribution in [1.29, 1.82) is 0 Å². The lowest BCUT2D eigenvalue weighted by Crippen LogP contribution is -2.44. The molecule has 1 amide bonds. The van der Waals surface area contributed by atoms with Gasteiger partial charge in [-0.2, -0.15) is 0 Å². The fourth-order valence-electron chi connectivity index (χ4n) is 2.03. The third-order valence-electron chi connectivity index (χ3n) is 3.23. The average Bonchev–Trinajstić information content (AvgIpc) is 2.85. The summed E-state index contributed by atoms with van der Waals surface area (Å²) in [6.07, 6.45) is 1.71. The van der Waals surface area contributed by atoms with E-state index in [0.29, 0.717) is 9.93 Å². The van der Waals surface area contributed by atoms with Gasteiger partial charge in [0.1, 0.15) is 4.99 Å². The lowest BCUT2D eigenvalue weighted by Gasteiger charge is -2.16. The van der Waals surface area contributed by atoms with Crippen LogP contribution in [0.5, 0.6) is 0 Å². The molecule has 0 saturated carbocycles. The van der Waals surface area contributed by atoms with Crippen molar-refractivity contribution in [2.75, 3.05) is 0 Å². The number of amides is 1. The van der Waals surface area contributed by atoms with E-state index in [-0.39, 0.29) is 9.88 Å². The van der Waals surface area contributed by atoms with Crippen LogP contribution in [0.3, 0.4) is 0 Å². The molecule has 1 N–H and O–H groups in total. The molecule has 9 heteroatoms. The molecule has 0 spiro atoms. The number of thiocarbonyl (C=S) groups is 1. The molecule has 1 heterocycles. The van der Waals surface area contributed by atoms with Crippen LogP contribution < -0.4 is 4.83 Å². The monoisotopic (exact) mass is 410 g/mol. The van der Waals surface area contributed by atoms with Gasteiger partial charge in [0.15, 0.2) is 0 Å². The number of sulfonamides is 1. The fraction of sp³-hybridized carbons (Fsp3) is 0. The summed E-state index contributed by atoms with van der Waals surface area (Å²) >= 11 is 12.0. The van der Waals surface area contributed by atoms with Crippen molar-refractivity contribution in [2.45, 2.75) is 4.90 Å². The number of carbonyl (C=O) groups excluding carboxylic acids is 1. The van der Waals surface area contributed by atoms with Gasteiger partial charge in [-0.3, -0.25) is 4.79 Å². The quantitative estimate of drug-likeness (QED) is 0.607. The van der Waals surface area contributed by atoms with Crippen molar-refractivity contribution in [3.8, 4) is 0 Å². The van der Waals surface area contributed by atoms with Gasteiger partial charge in [-0.25, -0.2) is 13.4 Å². The molecule has 0 bridgehead atoms. The number of hydrogen-bond donors (Lipinski definition) is 1. The maximum atomic E-state index is 12.4. The highest BCUT2D eigenvalue weighted by atomic mass is 35.5. The Bertz CT molecular complexity index is 958. The van der Waals surface area contributed by atoms with E-state index >= 15 is 0 Å². The molecule has 0 radical (unpaired) electrons. The highest BCUT2D eigenvalue weighted by Gasteiger charge is 2.35. The predicted octanol–water partition coefficient (Wildman–Crippen LogP) is 4.07. The first-order chi connectivity index (χ1) is 11.9. The van der Waals surface area contributed by atoms with Crippen LogP contribution in [0.15, 0.2) is 64.4 Å². The summed E-state index contributed by atoms with van der Waals surface area (Å²) in [6.45, 7) is 0. The Hall–Kier alpha value is -1.71. The molecular formula is C16H11ClN2O3S3. The highest BCUT2D eigenvalue weighted by Crippen LogP contribution is 2.32. The number of thioether (sulfide) groups is 1. The molecule has 2 aromatic carbocycles. The highest BCUT2D eigenvalue weighted by molar-refractivity contribution is 8.19. The van der Waals surface area contributed by atoms with E-state index in [4.69, 9.17) is 23.8 Å². The van der Waals surface area contributed by atoms with Gasteiger partial charge in [-0.15, -0.1) is 4.83 Å². The van der Waals surface area contributed by atoms with Crippen molar-refractivity contribution in [1.82, 2.24) is 9.84 Å². The maximum Gasteiger partial charge on any atom is 0.307 e. The molecule has 0 unspecified atom stereocenters. The van der Waals surface area contributed by atoms with Crippen molar-refractivity contribution < 1.29 is 13.2 Å². The minimum atomic E-state index is -3.90.